The number of rotatable bonds is 1. The SMILES string of the molecule is CC(Br)C1CCCCC12CCCC2. The zero-order chi connectivity index (χ0) is 9.31. The highest BCUT2D eigenvalue weighted by molar-refractivity contribution is 9.09. The van der Waals surface area contributed by atoms with E-state index >= 15 is 0 Å². The van der Waals surface area contributed by atoms with E-state index in [9.17, 15) is 0 Å². The van der Waals surface area contributed by atoms with E-state index in [0.29, 0.717) is 0 Å². The van der Waals surface area contributed by atoms with E-state index in [-0.39, 0.29) is 0 Å². The fourth-order valence-corrected chi connectivity index (χ4v) is 4.57. The first-order valence-corrected chi connectivity index (χ1v) is 6.80. The molecular formula is C12H21Br. The topological polar surface area (TPSA) is 0 Å². The van der Waals surface area contributed by atoms with Crippen LogP contribution < -0.4 is 0 Å². The van der Waals surface area contributed by atoms with Gasteiger partial charge in [-0.25, -0.2) is 0 Å². The summed E-state index contributed by atoms with van der Waals surface area (Å²) in [6, 6.07) is 0. The lowest BCUT2D eigenvalue weighted by Crippen LogP contribution is -2.35. The van der Waals surface area contributed by atoms with Crippen molar-refractivity contribution in [3.05, 3.63) is 0 Å². The third-order valence-electron chi connectivity index (χ3n) is 4.38. The molecule has 0 heterocycles. The Balaban J connectivity index is 2.12. The lowest BCUT2D eigenvalue weighted by Gasteiger charge is -2.43. The summed E-state index contributed by atoms with van der Waals surface area (Å²) in [7, 11) is 0. The smallest absolute Gasteiger partial charge is 0.0151 e. The molecule has 0 nitrogen and oxygen atoms in total. The van der Waals surface area contributed by atoms with Gasteiger partial charge in [0, 0.05) is 4.83 Å². The summed E-state index contributed by atoms with van der Waals surface area (Å²) in [4.78, 5) is 0.742. The van der Waals surface area contributed by atoms with Gasteiger partial charge in [-0.15, -0.1) is 0 Å². The van der Waals surface area contributed by atoms with Gasteiger partial charge in [-0.05, 0) is 37.0 Å². The zero-order valence-electron chi connectivity index (χ0n) is 8.69. The molecule has 0 N–H and O–H groups in total. The average molecular weight is 245 g/mol. The van der Waals surface area contributed by atoms with Crippen molar-refractivity contribution in [2.45, 2.75) is 63.1 Å². The summed E-state index contributed by atoms with van der Waals surface area (Å²) in [6.07, 6.45) is 12.0. The summed E-state index contributed by atoms with van der Waals surface area (Å²) in [5.41, 5.74) is 0.765. The summed E-state index contributed by atoms with van der Waals surface area (Å²) >= 11 is 3.82. The molecule has 0 aromatic rings. The Morgan fingerprint density at radius 2 is 1.62 bits per heavy atom. The minimum atomic E-state index is 0.742. The first-order chi connectivity index (χ1) is 6.25. The predicted octanol–water partition coefficient (Wildman–Crippen LogP) is 4.52. The van der Waals surface area contributed by atoms with E-state index in [4.69, 9.17) is 0 Å². The van der Waals surface area contributed by atoms with Crippen LogP contribution in [0.5, 0.6) is 0 Å². The summed E-state index contributed by atoms with van der Waals surface area (Å²) in [6.45, 7) is 2.36. The summed E-state index contributed by atoms with van der Waals surface area (Å²) in [5, 5.41) is 0. The molecular weight excluding hydrogens is 224 g/mol. The van der Waals surface area contributed by atoms with Crippen molar-refractivity contribution in [2.75, 3.05) is 0 Å². The molecule has 1 spiro atoms. The van der Waals surface area contributed by atoms with E-state index in [2.05, 4.69) is 22.9 Å². The molecule has 2 fully saturated rings. The van der Waals surface area contributed by atoms with E-state index in [0.717, 1.165) is 16.2 Å². The molecule has 0 aliphatic heterocycles. The largest absolute Gasteiger partial charge is 0.0890 e. The Morgan fingerprint density at radius 3 is 2.15 bits per heavy atom. The van der Waals surface area contributed by atoms with Gasteiger partial charge in [-0.3, -0.25) is 0 Å². The van der Waals surface area contributed by atoms with E-state index in [1.165, 1.54) is 51.4 Å². The highest BCUT2D eigenvalue weighted by Gasteiger charge is 2.43. The molecule has 2 aliphatic carbocycles. The molecule has 0 amide bonds. The quantitative estimate of drug-likeness (QED) is 0.596. The van der Waals surface area contributed by atoms with Crippen molar-refractivity contribution in [3.63, 3.8) is 0 Å². The molecule has 1 heteroatoms. The third kappa shape index (κ3) is 1.82. The molecule has 0 aromatic carbocycles. The van der Waals surface area contributed by atoms with Gasteiger partial charge in [0.2, 0.25) is 0 Å². The van der Waals surface area contributed by atoms with E-state index in [1.54, 1.807) is 0 Å². The Kier molecular flexibility index (Phi) is 3.02. The van der Waals surface area contributed by atoms with Gasteiger partial charge in [0.15, 0.2) is 0 Å². The predicted molar refractivity (Wildman–Crippen MR) is 61.2 cm³/mol. The Morgan fingerprint density at radius 1 is 1.08 bits per heavy atom. The monoisotopic (exact) mass is 244 g/mol. The summed E-state index contributed by atoms with van der Waals surface area (Å²) in [5.74, 6) is 0.976. The minimum absolute atomic E-state index is 0.742. The van der Waals surface area contributed by atoms with Crippen LogP contribution in [0.15, 0.2) is 0 Å². The van der Waals surface area contributed by atoms with Crippen molar-refractivity contribution in [2.24, 2.45) is 11.3 Å². The molecule has 2 saturated carbocycles. The minimum Gasteiger partial charge on any atom is -0.0890 e. The van der Waals surface area contributed by atoms with Crippen LogP contribution in [0.3, 0.4) is 0 Å². The molecule has 2 rings (SSSR count). The maximum Gasteiger partial charge on any atom is 0.0151 e. The molecule has 76 valence electrons. The number of hydrogen-bond acceptors (Lipinski definition) is 0. The fourth-order valence-electron chi connectivity index (χ4n) is 3.75. The molecule has 0 aromatic heterocycles. The summed E-state index contributed by atoms with van der Waals surface area (Å²) < 4.78 is 0. The van der Waals surface area contributed by atoms with Gasteiger partial charge in [0.05, 0.1) is 0 Å². The second-order valence-electron chi connectivity index (χ2n) is 5.10. The van der Waals surface area contributed by atoms with Crippen molar-refractivity contribution < 1.29 is 0 Å². The van der Waals surface area contributed by atoms with Gasteiger partial charge in [-0.1, -0.05) is 48.5 Å². The van der Waals surface area contributed by atoms with Crippen LogP contribution in [-0.4, -0.2) is 4.83 Å². The molecule has 13 heavy (non-hydrogen) atoms. The van der Waals surface area contributed by atoms with Crippen molar-refractivity contribution in [1.82, 2.24) is 0 Å². The molecule has 0 saturated heterocycles. The zero-order valence-corrected chi connectivity index (χ0v) is 10.3. The highest BCUT2D eigenvalue weighted by atomic mass is 79.9. The average Bonchev–Trinajstić information content (AvgIpc) is 2.54. The van der Waals surface area contributed by atoms with Crippen LogP contribution in [0.25, 0.3) is 0 Å². The standard InChI is InChI=1S/C12H21Br/c1-10(13)11-6-2-3-7-12(11)8-4-5-9-12/h10-11H,2-9H2,1H3. The maximum absolute atomic E-state index is 3.82. The van der Waals surface area contributed by atoms with Gasteiger partial charge >= 0.3 is 0 Å². The van der Waals surface area contributed by atoms with Gasteiger partial charge in [0.1, 0.15) is 0 Å². The highest BCUT2D eigenvalue weighted by Crippen LogP contribution is 2.54. The normalized spacial score (nSPS) is 35.1. The Hall–Kier alpha value is 0.480. The maximum atomic E-state index is 3.82. The lowest BCUT2D eigenvalue weighted by molar-refractivity contribution is 0.103. The Bertz CT molecular complexity index is 168. The van der Waals surface area contributed by atoms with Crippen LogP contribution in [-0.2, 0) is 0 Å². The van der Waals surface area contributed by atoms with Gasteiger partial charge in [-0.2, -0.15) is 0 Å². The van der Waals surface area contributed by atoms with Crippen molar-refractivity contribution >= 4 is 15.9 Å². The molecule has 2 unspecified atom stereocenters. The van der Waals surface area contributed by atoms with E-state index in [1.807, 2.05) is 0 Å². The number of alkyl halides is 1. The Labute approximate surface area is 90.6 Å². The molecule has 2 aliphatic rings. The third-order valence-corrected chi connectivity index (χ3v) is 5.02. The van der Waals surface area contributed by atoms with Crippen LogP contribution in [0.4, 0.5) is 0 Å². The molecule has 2 atom stereocenters. The first kappa shape index (κ1) is 10.0. The molecule has 0 bridgehead atoms. The van der Waals surface area contributed by atoms with Gasteiger partial charge in [0.25, 0.3) is 0 Å². The van der Waals surface area contributed by atoms with Crippen LogP contribution in [0, 0.1) is 11.3 Å². The van der Waals surface area contributed by atoms with E-state index < -0.39 is 0 Å². The van der Waals surface area contributed by atoms with Crippen LogP contribution >= 0.6 is 15.9 Å². The van der Waals surface area contributed by atoms with Crippen LogP contribution in [0.2, 0.25) is 0 Å². The first-order valence-electron chi connectivity index (χ1n) is 5.89. The number of halogens is 1. The van der Waals surface area contributed by atoms with Crippen molar-refractivity contribution in [1.29, 1.82) is 0 Å². The van der Waals surface area contributed by atoms with Gasteiger partial charge < -0.3 is 0 Å². The fraction of sp³-hybridized carbons (Fsp3) is 1.00. The second kappa shape index (κ2) is 3.92. The van der Waals surface area contributed by atoms with Crippen LogP contribution in [0.1, 0.15) is 58.3 Å². The van der Waals surface area contributed by atoms with Crippen molar-refractivity contribution in [3.8, 4) is 0 Å². The lowest BCUT2D eigenvalue weighted by atomic mass is 9.64. The number of hydrogen-bond donors (Lipinski definition) is 0. The molecule has 0 radical (unpaired) electrons. The second-order valence-corrected chi connectivity index (χ2v) is 6.54.